The summed E-state index contributed by atoms with van der Waals surface area (Å²) in [5.74, 6) is -1.44. The van der Waals surface area contributed by atoms with E-state index in [2.05, 4.69) is 5.32 Å². The van der Waals surface area contributed by atoms with Crippen molar-refractivity contribution in [1.29, 1.82) is 0 Å². The van der Waals surface area contributed by atoms with Crippen LogP contribution in [0.4, 0.5) is 0 Å². The molecule has 0 spiro atoms. The molecule has 7 nitrogen and oxygen atoms in total. The lowest BCUT2D eigenvalue weighted by Gasteiger charge is -2.23. The lowest BCUT2D eigenvalue weighted by Crippen LogP contribution is -2.48. The number of hydrogen-bond donors (Lipinski definition) is 2. The highest BCUT2D eigenvalue weighted by molar-refractivity contribution is 5.89. The molecular weight excluding hydrogens is 262 g/mol. The first-order valence-electron chi connectivity index (χ1n) is 7.01. The van der Waals surface area contributed by atoms with Crippen LogP contribution in [-0.4, -0.2) is 71.5 Å². The van der Waals surface area contributed by atoms with Crippen molar-refractivity contribution in [3.8, 4) is 0 Å². The van der Waals surface area contributed by atoms with Crippen molar-refractivity contribution in [2.75, 3.05) is 26.7 Å². The summed E-state index contributed by atoms with van der Waals surface area (Å²) < 4.78 is 0. The van der Waals surface area contributed by atoms with Crippen molar-refractivity contribution in [3.05, 3.63) is 0 Å². The van der Waals surface area contributed by atoms with Crippen molar-refractivity contribution < 1.29 is 19.5 Å². The maximum atomic E-state index is 12.0. The van der Waals surface area contributed by atoms with Crippen molar-refractivity contribution in [1.82, 2.24) is 15.1 Å². The Morgan fingerprint density at radius 1 is 1.15 bits per heavy atom. The molecule has 2 N–H and O–H groups in total. The summed E-state index contributed by atoms with van der Waals surface area (Å²) in [6.45, 7) is 1.22. The number of carboxylic acid groups (broad SMARTS) is 1. The molecule has 112 valence electrons. The van der Waals surface area contributed by atoms with Crippen LogP contribution >= 0.6 is 0 Å². The Kier molecular flexibility index (Phi) is 4.59. The summed E-state index contributed by atoms with van der Waals surface area (Å²) in [6, 6.07) is -0.912. The lowest BCUT2D eigenvalue weighted by atomic mass is 10.2. The molecule has 2 rings (SSSR count). The number of carbonyl (C=O) groups excluding carboxylic acids is 2. The number of carbonyl (C=O) groups is 3. The molecule has 7 heteroatoms. The zero-order valence-corrected chi connectivity index (χ0v) is 11.7. The van der Waals surface area contributed by atoms with E-state index < -0.39 is 12.0 Å². The fraction of sp³-hybridized carbons (Fsp3) is 0.769. The summed E-state index contributed by atoms with van der Waals surface area (Å²) in [4.78, 5) is 38.3. The largest absolute Gasteiger partial charge is 0.480 e. The number of carboxylic acids is 1. The highest BCUT2D eigenvalue weighted by Gasteiger charge is 2.34. The quantitative estimate of drug-likeness (QED) is 0.710. The number of nitrogens with one attached hydrogen (secondary N) is 1. The van der Waals surface area contributed by atoms with E-state index >= 15 is 0 Å². The molecule has 2 aliphatic rings. The molecule has 0 aliphatic carbocycles. The van der Waals surface area contributed by atoms with E-state index in [0.29, 0.717) is 19.4 Å². The average Bonchev–Trinajstić information content (AvgIpc) is 3.03. The van der Waals surface area contributed by atoms with Gasteiger partial charge in [0.2, 0.25) is 11.8 Å². The van der Waals surface area contributed by atoms with Crippen LogP contribution in [0.3, 0.4) is 0 Å². The molecule has 0 bridgehead atoms. The van der Waals surface area contributed by atoms with Crippen LogP contribution in [-0.2, 0) is 14.4 Å². The number of hydrogen-bond acceptors (Lipinski definition) is 4. The molecule has 2 amide bonds. The molecule has 2 fully saturated rings. The predicted molar refractivity (Wildman–Crippen MR) is 71.0 cm³/mol. The first-order valence-corrected chi connectivity index (χ1v) is 7.01. The summed E-state index contributed by atoms with van der Waals surface area (Å²) in [7, 11) is 1.89. The summed E-state index contributed by atoms with van der Waals surface area (Å²) in [5.41, 5.74) is 0. The first-order chi connectivity index (χ1) is 9.50. The molecule has 20 heavy (non-hydrogen) atoms. The van der Waals surface area contributed by atoms with Gasteiger partial charge >= 0.3 is 5.97 Å². The van der Waals surface area contributed by atoms with E-state index in [0.717, 1.165) is 19.4 Å². The fourth-order valence-corrected chi connectivity index (χ4v) is 2.95. The minimum atomic E-state index is -0.974. The van der Waals surface area contributed by atoms with E-state index in [1.54, 1.807) is 0 Å². The van der Waals surface area contributed by atoms with Gasteiger partial charge in [0.15, 0.2) is 0 Å². The average molecular weight is 283 g/mol. The van der Waals surface area contributed by atoms with Gasteiger partial charge in [-0.05, 0) is 39.3 Å². The Morgan fingerprint density at radius 2 is 1.80 bits per heavy atom. The molecule has 2 saturated heterocycles. The van der Waals surface area contributed by atoms with Crippen molar-refractivity contribution >= 4 is 17.8 Å². The van der Waals surface area contributed by atoms with Crippen LogP contribution in [0.2, 0.25) is 0 Å². The Hall–Kier alpha value is -1.63. The number of amides is 2. The highest BCUT2D eigenvalue weighted by atomic mass is 16.4. The van der Waals surface area contributed by atoms with Crippen LogP contribution in [0.5, 0.6) is 0 Å². The zero-order valence-electron chi connectivity index (χ0n) is 11.7. The van der Waals surface area contributed by atoms with Crippen LogP contribution in [0.1, 0.15) is 25.7 Å². The minimum Gasteiger partial charge on any atom is -0.480 e. The third-order valence-corrected chi connectivity index (χ3v) is 4.10. The van der Waals surface area contributed by atoms with Gasteiger partial charge in [-0.15, -0.1) is 0 Å². The SMILES string of the molecule is CN1CCC[C@H]1C(=O)NCC(=O)N1CCC[C@H]1C(=O)O. The molecule has 0 aromatic rings. The van der Waals surface area contributed by atoms with Gasteiger partial charge < -0.3 is 15.3 Å². The second-order valence-electron chi connectivity index (χ2n) is 5.44. The van der Waals surface area contributed by atoms with Gasteiger partial charge in [-0.2, -0.15) is 0 Å². The summed E-state index contributed by atoms with van der Waals surface area (Å²) in [5, 5.41) is 11.7. The first kappa shape index (κ1) is 14.8. The Bertz CT molecular complexity index is 412. The van der Waals surface area contributed by atoms with Crippen LogP contribution in [0, 0.1) is 0 Å². The molecule has 0 radical (unpaired) electrons. The molecule has 0 unspecified atom stereocenters. The molecule has 0 saturated carbocycles. The van der Waals surface area contributed by atoms with Gasteiger partial charge in [0.05, 0.1) is 12.6 Å². The number of nitrogens with zero attached hydrogens (tertiary/aromatic N) is 2. The van der Waals surface area contributed by atoms with E-state index in [-0.39, 0.29) is 24.4 Å². The minimum absolute atomic E-state index is 0.118. The molecule has 2 atom stereocenters. The molecule has 0 aromatic carbocycles. The normalized spacial score (nSPS) is 26.8. The lowest BCUT2D eigenvalue weighted by molar-refractivity contribution is -0.148. The molecule has 2 heterocycles. The maximum absolute atomic E-state index is 12.0. The molecular formula is C13H21N3O4. The second kappa shape index (κ2) is 6.21. The number of likely N-dealkylation sites (tertiary alicyclic amines) is 2. The van der Waals surface area contributed by atoms with Gasteiger partial charge in [-0.3, -0.25) is 14.5 Å². The monoisotopic (exact) mass is 283 g/mol. The highest BCUT2D eigenvalue weighted by Crippen LogP contribution is 2.17. The third kappa shape index (κ3) is 3.09. The van der Waals surface area contributed by atoms with Gasteiger partial charge in [-0.25, -0.2) is 4.79 Å². The smallest absolute Gasteiger partial charge is 0.326 e. The number of aliphatic carboxylic acids is 1. The van der Waals surface area contributed by atoms with E-state index in [9.17, 15) is 14.4 Å². The van der Waals surface area contributed by atoms with Crippen molar-refractivity contribution in [2.45, 2.75) is 37.8 Å². The Morgan fingerprint density at radius 3 is 2.40 bits per heavy atom. The topological polar surface area (TPSA) is 90.0 Å². The maximum Gasteiger partial charge on any atom is 0.326 e. The standard InChI is InChI=1S/C13H21N3O4/c1-15-6-2-4-9(15)12(18)14-8-11(17)16-7-3-5-10(16)13(19)20/h9-10H,2-8H2,1H3,(H,14,18)(H,19,20)/t9-,10-/m0/s1. The van der Waals surface area contributed by atoms with Gasteiger partial charge in [-0.1, -0.05) is 0 Å². The Labute approximate surface area is 117 Å². The van der Waals surface area contributed by atoms with Crippen molar-refractivity contribution in [3.63, 3.8) is 0 Å². The van der Waals surface area contributed by atoms with E-state index in [1.165, 1.54) is 4.90 Å². The summed E-state index contributed by atoms with van der Waals surface area (Å²) in [6.07, 6.45) is 2.97. The fourth-order valence-electron chi connectivity index (χ4n) is 2.95. The van der Waals surface area contributed by atoms with E-state index in [1.807, 2.05) is 11.9 Å². The Balaban J connectivity index is 1.83. The van der Waals surface area contributed by atoms with Crippen LogP contribution in [0.15, 0.2) is 0 Å². The number of likely N-dealkylation sites (N-methyl/N-ethyl adjacent to an activating group) is 1. The second-order valence-corrected chi connectivity index (χ2v) is 5.44. The van der Waals surface area contributed by atoms with Gasteiger partial charge in [0, 0.05) is 6.54 Å². The van der Waals surface area contributed by atoms with Crippen molar-refractivity contribution in [2.24, 2.45) is 0 Å². The van der Waals surface area contributed by atoms with Gasteiger partial charge in [0.1, 0.15) is 6.04 Å². The third-order valence-electron chi connectivity index (χ3n) is 4.10. The summed E-state index contributed by atoms with van der Waals surface area (Å²) >= 11 is 0. The molecule has 0 aromatic heterocycles. The van der Waals surface area contributed by atoms with Gasteiger partial charge in [0.25, 0.3) is 0 Å². The van der Waals surface area contributed by atoms with Crippen LogP contribution in [0.25, 0.3) is 0 Å². The zero-order chi connectivity index (χ0) is 14.7. The predicted octanol–water partition coefficient (Wildman–Crippen LogP) is -0.728. The van der Waals surface area contributed by atoms with E-state index in [4.69, 9.17) is 5.11 Å². The molecule has 2 aliphatic heterocycles. The number of rotatable bonds is 4. The van der Waals surface area contributed by atoms with Crippen LogP contribution < -0.4 is 5.32 Å².